The van der Waals surface area contributed by atoms with Crippen LogP contribution >= 0.6 is 23.2 Å². The lowest BCUT2D eigenvalue weighted by Crippen LogP contribution is -2.36. The van der Waals surface area contributed by atoms with Gasteiger partial charge < -0.3 is 37.9 Å². The summed E-state index contributed by atoms with van der Waals surface area (Å²) < 4.78 is 46.3. The molecule has 4 saturated heterocycles. The lowest BCUT2D eigenvalue weighted by Gasteiger charge is -2.25. The van der Waals surface area contributed by atoms with Gasteiger partial charge in [-0.1, -0.05) is 23.2 Å². The molecule has 4 fully saturated rings. The quantitative estimate of drug-likeness (QED) is 0.572. The Kier molecular flexibility index (Phi) is 6.31. The highest BCUT2D eigenvalue weighted by Crippen LogP contribution is 2.43. The SMILES string of the molecule is CO[C@@H]1[C@H]2OC(C)(C)O[C@H]2O[C@@H]1/C(Cl)=C/C=C(\Cl)[C@H]1O[C@@H]2OC(C)(C)O[C@@H]2[C@H]1OC. The summed E-state index contributed by atoms with van der Waals surface area (Å²) in [6, 6.07) is 0. The van der Waals surface area contributed by atoms with Crippen molar-refractivity contribution in [2.75, 3.05) is 14.2 Å². The minimum absolute atomic E-state index is 0.371. The number of fused-ring (bicyclic) bond motifs is 2. The molecule has 0 saturated carbocycles. The molecule has 30 heavy (non-hydrogen) atoms. The van der Waals surface area contributed by atoms with Gasteiger partial charge in [-0.2, -0.15) is 0 Å². The van der Waals surface area contributed by atoms with Crippen molar-refractivity contribution in [3.8, 4) is 0 Å². The molecule has 8 atom stereocenters. The number of hydrogen-bond donors (Lipinski definition) is 0. The fourth-order valence-electron chi connectivity index (χ4n) is 4.27. The fraction of sp³-hybridized carbons (Fsp3) is 0.800. The van der Waals surface area contributed by atoms with Crippen molar-refractivity contribution in [2.24, 2.45) is 0 Å². The summed E-state index contributed by atoms with van der Waals surface area (Å²) in [6.45, 7) is 7.31. The van der Waals surface area contributed by atoms with Crippen molar-refractivity contribution in [1.29, 1.82) is 0 Å². The van der Waals surface area contributed by atoms with Gasteiger partial charge in [0.2, 0.25) is 0 Å². The molecule has 4 aliphatic rings. The van der Waals surface area contributed by atoms with Gasteiger partial charge in [0.25, 0.3) is 0 Å². The molecule has 0 aromatic heterocycles. The molecule has 4 aliphatic heterocycles. The van der Waals surface area contributed by atoms with Crippen LogP contribution in [0, 0.1) is 0 Å². The van der Waals surface area contributed by atoms with Gasteiger partial charge in [0.15, 0.2) is 24.2 Å². The van der Waals surface area contributed by atoms with Gasteiger partial charge in [0.05, 0.1) is 0 Å². The molecule has 10 heteroatoms. The number of allylic oxidation sites excluding steroid dienone is 2. The van der Waals surface area contributed by atoms with E-state index in [1.165, 1.54) is 0 Å². The largest absolute Gasteiger partial charge is 0.375 e. The first-order chi connectivity index (χ1) is 14.0. The van der Waals surface area contributed by atoms with Crippen LogP contribution in [-0.4, -0.2) is 75.0 Å². The van der Waals surface area contributed by atoms with E-state index < -0.39 is 48.6 Å². The highest BCUT2D eigenvalue weighted by Gasteiger charge is 2.57. The predicted octanol–water partition coefficient (Wildman–Crippen LogP) is 3.01. The number of hydrogen-bond acceptors (Lipinski definition) is 8. The molecule has 0 N–H and O–H groups in total. The van der Waals surface area contributed by atoms with E-state index in [2.05, 4.69) is 0 Å². The average molecular weight is 467 g/mol. The van der Waals surface area contributed by atoms with E-state index in [9.17, 15) is 0 Å². The lowest BCUT2D eigenvalue weighted by atomic mass is 10.1. The van der Waals surface area contributed by atoms with Crippen molar-refractivity contribution in [2.45, 2.75) is 88.5 Å². The maximum atomic E-state index is 6.52. The summed E-state index contributed by atoms with van der Waals surface area (Å²) in [5, 5.41) is 0.806. The Hall–Kier alpha value is -0.260. The molecular weight excluding hydrogens is 439 g/mol. The molecule has 0 unspecified atom stereocenters. The van der Waals surface area contributed by atoms with Crippen LogP contribution in [-0.2, 0) is 37.9 Å². The second-order valence-electron chi connectivity index (χ2n) is 8.55. The lowest BCUT2D eigenvalue weighted by molar-refractivity contribution is -0.211. The summed E-state index contributed by atoms with van der Waals surface area (Å²) >= 11 is 13.0. The summed E-state index contributed by atoms with van der Waals surface area (Å²) in [5.41, 5.74) is 0. The van der Waals surface area contributed by atoms with E-state index in [4.69, 9.17) is 61.1 Å². The summed E-state index contributed by atoms with van der Waals surface area (Å²) in [6.07, 6.45) is -0.443. The molecule has 0 aromatic rings. The Morgan fingerprint density at radius 1 is 0.700 bits per heavy atom. The van der Waals surface area contributed by atoms with E-state index in [0.717, 1.165) is 0 Å². The van der Waals surface area contributed by atoms with Crippen molar-refractivity contribution in [1.82, 2.24) is 0 Å². The summed E-state index contributed by atoms with van der Waals surface area (Å²) in [5.74, 6) is -1.47. The Morgan fingerprint density at radius 2 is 1.07 bits per heavy atom. The molecule has 0 aliphatic carbocycles. The minimum atomic E-state index is -0.734. The summed E-state index contributed by atoms with van der Waals surface area (Å²) in [4.78, 5) is 0. The first-order valence-corrected chi connectivity index (χ1v) is 10.6. The van der Waals surface area contributed by atoms with E-state index in [-0.39, 0.29) is 12.2 Å². The van der Waals surface area contributed by atoms with Crippen LogP contribution in [0.2, 0.25) is 0 Å². The van der Waals surface area contributed by atoms with Crippen molar-refractivity contribution in [3.05, 3.63) is 22.2 Å². The van der Waals surface area contributed by atoms with Gasteiger partial charge in [-0.25, -0.2) is 0 Å². The van der Waals surface area contributed by atoms with Gasteiger partial charge in [0, 0.05) is 24.3 Å². The van der Waals surface area contributed by atoms with Gasteiger partial charge in [0.1, 0.15) is 36.6 Å². The van der Waals surface area contributed by atoms with Crippen LogP contribution in [0.15, 0.2) is 22.2 Å². The molecule has 0 bridgehead atoms. The van der Waals surface area contributed by atoms with E-state index in [1.807, 2.05) is 27.7 Å². The normalized spacial score (nSPS) is 45.1. The van der Waals surface area contributed by atoms with Crippen LogP contribution in [0.5, 0.6) is 0 Å². The highest BCUT2D eigenvalue weighted by atomic mass is 35.5. The second kappa shape index (κ2) is 8.26. The van der Waals surface area contributed by atoms with E-state index in [1.54, 1.807) is 26.4 Å². The Balaban J connectivity index is 1.45. The standard InChI is InChI=1S/C20H28Cl2O8/c1-19(2)27-15-13(23-5)11(25-17(15)29-19)9(21)7-8-10(22)12-14(24-6)16-18(26-12)30-20(3,4)28-16/h7-8,11-18H,1-6H3/b9-7-,10-8-/t11-,12-,13+,14+,15-,16-,17-,18-/m1/s1. The number of rotatable bonds is 5. The van der Waals surface area contributed by atoms with Crippen LogP contribution in [0.4, 0.5) is 0 Å². The monoisotopic (exact) mass is 466 g/mol. The second-order valence-corrected chi connectivity index (χ2v) is 9.43. The van der Waals surface area contributed by atoms with Gasteiger partial charge in [-0.05, 0) is 39.8 Å². The third-order valence-corrected chi connectivity index (χ3v) is 6.15. The first kappa shape index (κ1) is 22.9. The van der Waals surface area contributed by atoms with Crippen LogP contribution in [0.25, 0.3) is 0 Å². The van der Waals surface area contributed by atoms with Crippen molar-refractivity contribution < 1.29 is 37.9 Å². The summed E-state index contributed by atoms with van der Waals surface area (Å²) in [7, 11) is 3.17. The average Bonchev–Trinajstić information content (AvgIpc) is 3.33. The predicted molar refractivity (Wildman–Crippen MR) is 107 cm³/mol. The number of methoxy groups -OCH3 is 2. The molecular formula is C20H28Cl2O8. The third-order valence-electron chi connectivity index (χ3n) is 5.47. The minimum Gasteiger partial charge on any atom is -0.375 e. The Labute approximate surface area is 186 Å². The van der Waals surface area contributed by atoms with Crippen LogP contribution < -0.4 is 0 Å². The van der Waals surface area contributed by atoms with Crippen molar-refractivity contribution in [3.63, 3.8) is 0 Å². The van der Waals surface area contributed by atoms with Gasteiger partial charge >= 0.3 is 0 Å². The molecule has 0 spiro atoms. The molecule has 8 nitrogen and oxygen atoms in total. The zero-order chi connectivity index (χ0) is 21.8. The Morgan fingerprint density at radius 3 is 1.40 bits per heavy atom. The molecule has 4 heterocycles. The number of ether oxygens (including phenoxy) is 8. The van der Waals surface area contributed by atoms with Crippen LogP contribution in [0.3, 0.4) is 0 Å². The van der Waals surface area contributed by atoms with Crippen LogP contribution in [0.1, 0.15) is 27.7 Å². The third kappa shape index (κ3) is 4.20. The zero-order valence-electron chi connectivity index (χ0n) is 17.8. The first-order valence-electron chi connectivity index (χ1n) is 9.86. The van der Waals surface area contributed by atoms with E-state index in [0.29, 0.717) is 10.1 Å². The smallest absolute Gasteiger partial charge is 0.190 e. The van der Waals surface area contributed by atoms with Gasteiger partial charge in [-0.3, -0.25) is 0 Å². The molecule has 4 rings (SSSR count). The molecule has 0 aromatic carbocycles. The fourth-order valence-corrected chi connectivity index (χ4v) is 4.74. The molecule has 0 amide bonds. The Bertz CT molecular complexity index is 664. The zero-order valence-corrected chi connectivity index (χ0v) is 19.3. The maximum absolute atomic E-state index is 6.52. The topological polar surface area (TPSA) is 73.8 Å². The molecule has 0 radical (unpaired) electrons. The van der Waals surface area contributed by atoms with E-state index >= 15 is 0 Å². The van der Waals surface area contributed by atoms with Crippen molar-refractivity contribution >= 4 is 23.2 Å². The van der Waals surface area contributed by atoms with Gasteiger partial charge in [-0.15, -0.1) is 0 Å². The molecule has 170 valence electrons. The maximum Gasteiger partial charge on any atom is 0.190 e. The number of halogens is 2. The highest BCUT2D eigenvalue weighted by molar-refractivity contribution is 6.31.